The molecule has 8 aromatic carbocycles. The number of aromatic hydroxyl groups is 2. The van der Waals surface area contributed by atoms with Crippen molar-refractivity contribution < 1.29 is 166 Å². The quantitative estimate of drug-likeness (QED) is 0.0173. The number of phenolic OH excluding ortho intramolecular Hbond substituents is 2. The van der Waals surface area contributed by atoms with Crippen molar-refractivity contribution in [3.05, 3.63) is 257 Å². The molecule has 8 fully saturated rings. The third-order valence-corrected chi connectivity index (χ3v) is 25.1. The van der Waals surface area contributed by atoms with Crippen LogP contribution in [0.1, 0.15) is 198 Å². The van der Waals surface area contributed by atoms with Crippen LogP contribution in [0.15, 0.2) is 170 Å². The van der Waals surface area contributed by atoms with Gasteiger partial charge in [0.05, 0.1) is 24.4 Å². The molecule has 4 saturated carbocycles. The minimum absolute atomic E-state index is 0. The van der Waals surface area contributed by atoms with E-state index in [4.69, 9.17) is 113 Å². The number of ether oxygens (including phenoxy) is 12. The molecule has 4 spiro atoms. The third kappa shape index (κ3) is 29.6. The fraction of sp³-hybridized carbons (Fsp3) is 0.449. The fourth-order valence-electron chi connectivity index (χ4n) is 16.8. The number of hydrogen-bond acceptors (Lipinski definition) is 28. The number of aliphatic hydroxyl groups is 7. The summed E-state index contributed by atoms with van der Waals surface area (Å²) in [6, 6.07) is 51.1. The molecule has 16 atom stereocenters. The summed E-state index contributed by atoms with van der Waals surface area (Å²) in [7, 11) is 1.75. The van der Waals surface area contributed by atoms with E-state index in [0.29, 0.717) is 127 Å². The predicted octanol–water partition coefficient (Wildman–Crippen LogP) is 11.8. The van der Waals surface area contributed by atoms with Crippen LogP contribution in [0, 0.1) is 0 Å². The topological polar surface area (TPSA) is 418 Å². The van der Waals surface area contributed by atoms with Crippen molar-refractivity contribution in [3.63, 3.8) is 0 Å². The van der Waals surface area contributed by atoms with Crippen molar-refractivity contribution in [3.8, 4) is 23.0 Å². The molecule has 16 rings (SSSR count). The van der Waals surface area contributed by atoms with Gasteiger partial charge in [-0.3, -0.25) is 28.8 Å². The number of rotatable bonds is 22. The Bertz CT molecular complexity index is 5290. The zero-order valence-corrected chi connectivity index (χ0v) is 86.1. The molecule has 0 aromatic heterocycles. The van der Waals surface area contributed by atoms with Crippen LogP contribution in [-0.2, 0) is 102 Å². The summed E-state index contributed by atoms with van der Waals surface area (Å²) in [6.07, 6.45) is -8.58. The Balaban J connectivity index is 0.000000198. The summed E-state index contributed by atoms with van der Waals surface area (Å²) in [5.41, 5.74) is 7.15. The fourth-order valence-corrected chi connectivity index (χ4v) is 17.6. The first kappa shape index (κ1) is 112. The van der Waals surface area contributed by atoms with Crippen molar-refractivity contribution in [2.24, 2.45) is 0 Å². The van der Waals surface area contributed by atoms with E-state index in [1.54, 1.807) is 84.9 Å². The minimum Gasteiger partial charge on any atom is -0.857 e. The van der Waals surface area contributed by atoms with Gasteiger partial charge < -0.3 is 108 Å². The van der Waals surface area contributed by atoms with Crippen molar-refractivity contribution in [2.75, 3.05) is 27.4 Å². The SMILES string of the molecule is BrB(Br)Br.CC(=O)O[C@@H]1[C@@H](OC(C)=O)[C@H](OC(C)=O)C2(CC2)O[C@H]1c1ccc(Cl)c(Cc2ccc(O)cc2)c1.CCOc1ccc(Cc2cc([C@@H]3OC4(CC4)[C@@H](O)[C@H](O)[C@H]3O)ccc2Cl)cc1.CCOc1ccc(Cc2cc([C@@H]3OC4(CC4)[C@@H](OC(C)=O)[C@H](OC(C)=O)[C@H]3OC(C)=O)ccc2Cl)cc1.CO.C[O-].Oc1ccc(Cc2cc([C@@H]3OC4(CC4)[C@@H](O)[C@H](O)[C@H]3O)ccc2Cl)cc1.[Na+]. The van der Waals surface area contributed by atoms with Gasteiger partial charge in [0.2, 0.25) is 0 Å². The molecule has 4 saturated heterocycles. The number of hydrogen-bond donors (Lipinski definition) is 9. The van der Waals surface area contributed by atoms with Crippen LogP contribution < -0.4 is 44.1 Å². The Labute approximate surface area is 851 Å². The monoisotopic (exact) mass is 2150 g/mol. The molecular formula is C98H111BBr3Cl4NaO28. The molecule has 0 amide bonds. The Morgan fingerprint density at radius 1 is 0.356 bits per heavy atom. The van der Waals surface area contributed by atoms with Crippen LogP contribution in [0.3, 0.4) is 0 Å². The average molecular weight is 2150 g/mol. The molecule has 4 heterocycles. The normalized spacial score (nSPS) is 24.7. The van der Waals surface area contributed by atoms with E-state index in [1.165, 1.54) is 41.5 Å². The zero-order chi connectivity index (χ0) is 98.0. The number of benzene rings is 8. The number of carbonyl (C=O) groups excluding carboxylic acids is 6. The molecular weight excluding hydrogens is 2040 g/mol. The summed E-state index contributed by atoms with van der Waals surface area (Å²) in [5, 5.41) is 98.2. The first-order valence-electron chi connectivity index (χ1n) is 43.5. The Kier molecular flexibility index (Phi) is 41.6. The third-order valence-electron chi connectivity index (χ3n) is 23.6. The zero-order valence-electron chi connectivity index (χ0n) is 76.3. The molecule has 0 radical (unpaired) electrons. The van der Waals surface area contributed by atoms with Gasteiger partial charge in [0.1, 0.15) is 95.2 Å². The van der Waals surface area contributed by atoms with E-state index in [2.05, 4.69) is 47.3 Å². The van der Waals surface area contributed by atoms with Gasteiger partial charge in [-0.2, -0.15) is 7.11 Å². The van der Waals surface area contributed by atoms with Gasteiger partial charge >= 0.3 is 68.6 Å². The molecule has 4 aliphatic heterocycles. The van der Waals surface area contributed by atoms with Gasteiger partial charge in [-0.05, 0) is 230 Å². The summed E-state index contributed by atoms with van der Waals surface area (Å²) < 4.78 is 69.8. The van der Waals surface area contributed by atoms with Gasteiger partial charge in [-0.15, -0.1) is 47.3 Å². The van der Waals surface area contributed by atoms with E-state index in [0.717, 1.165) is 75.8 Å². The molecule has 0 bridgehead atoms. The molecule has 8 aliphatic rings. The number of esters is 6. The van der Waals surface area contributed by atoms with Crippen molar-refractivity contribution in [1.82, 2.24) is 0 Å². The Morgan fingerprint density at radius 3 is 0.807 bits per heavy atom. The maximum absolute atomic E-state index is 12.1. The molecule has 9 N–H and O–H groups in total. The minimum atomic E-state index is -1.24. The van der Waals surface area contributed by atoms with Crippen LogP contribution in [0.25, 0.3) is 0 Å². The molecule has 724 valence electrons. The standard InChI is InChI=1S/C28H31ClO8.C26H27ClO8.C22H25ClO5.C20H21ClO5.CH4O.CH3O.BBr3.Na/c1-5-33-22-9-6-19(7-10-22)14-21-15-20(8-11-23(21)29)24-25(34-16(2)30)26(35-17(3)31)27(36-18(4)32)28(37-24)12-13-28;1-14(28)32-23-22(35-26(10-11-26)25(34-16(3)30)24(23)33-15(2)29)18-6-9-21(27)19(13-18)12-17-4-7-20(31)8-5-17;1-2-27-16-6-3-13(4-7-16)11-15-12-14(5-8-17(15)23)20-18(24)19(25)21(26)22(28-20)9-10-22;21-15-6-3-12(10-13(15)9-11-1-4-14(22)5-2-11)18-16(23)17(24)19(25)20(26-18)7-8-20;2*1-2;2-1(3)4;/h6-11,15,24-27H,5,12-14H2,1-4H3;4-9,13,22-25,31H,10-12H2,1-3H3;3-8,12,18-21,24-26H,2,9-11H2,1H3;1-6,10,16-19,22-25H,7-9H2;2H,1H3;1H3;;/q;;;;;-1;;+1/t24-,25-,26+,27-;22-,23-,24+,25-;18-,19-,20+,21+;16-,17-,18+,19+;;;;/m0011..../s1. The van der Waals surface area contributed by atoms with Gasteiger partial charge in [-0.1, -0.05) is 143 Å². The maximum Gasteiger partial charge on any atom is 1.00 e. The van der Waals surface area contributed by atoms with Crippen LogP contribution in [0.4, 0.5) is 0 Å². The second-order valence-electron chi connectivity index (χ2n) is 33.5. The van der Waals surface area contributed by atoms with Crippen molar-refractivity contribution >= 4 is 133 Å². The van der Waals surface area contributed by atoms with E-state index >= 15 is 0 Å². The molecule has 4 aliphatic carbocycles. The average Bonchev–Trinajstić information content (AvgIpc) is 1.59. The molecule has 37 heteroatoms. The van der Waals surface area contributed by atoms with Crippen molar-refractivity contribution in [1.29, 1.82) is 0 Å². The summed E-state index contributed by atoms with van der Waals surface area (Å²) in [5.74, 6) is -1.44. The van der Waals surface area contributed by atoms with E-state index in [9.17, 15) is 69.6 Å². The Morgan fingerprint density at radius 2 is 0.578 bits per heavy atom. The first-order valence-corrected chi connectivity index (χ1v) is 47.7. The summed E-state index contributed by atoms with van der Waals surface area (Å²) >= 11 is 35.1. The second kappa shape index (κ2) is 50.4. The second-order valence-corrected chi connectivity index (χ2v) is 41.5. The van der Waals surface area contributed by atoms with Crippen LogP contribution >= 0.6 is 93.7 Å². The smallest absolute Gasteiger partial charge is 0.857 e. The Hall–Kier alpha value is -7.04. The van der Waals surface area contributed by atoms with Gasteiger partial charge in [0.15, 0.2) is 36.6 Å². The van der Waals surface area contributed by atoms with Crippen LogP contribution in [-0.4, -0.2) is 208 Å². The van der Waals surface area contributed by atoms with Crippen LogP contribution in [0.5, 0.6) is 23.0 Å². The molecule has 28 nitrogen and oxygen atoms in total. The first-order chi connectivity index (χ1) is 63.7. The van der Waals surface area contributed by atoms with Gasteiger partial charge in [-0.25, -0.2) is 0 Å². The molecule has 8 aromatic rings. The number of phenols is 2. The largest absolute Gasteiger partial charge is 1.00 e. The predicted molar refractivity (Wildman–Crippen MR) is 508 cm³/mol. The van der Waals surface area contributed by atoms with E-state index < -0.39 is 156 Å². The maximum atomic E-state index is 12.1. The summed E-state index contributed by atoms with van der Waals surface area (Å²) in [6.45, 7) is 12.7. The molecule has 0 unspecified atom stereocenters. The van der Waals surface area contributed by atoms with Gasteiger partial charge in [0, 0.05) is 68.7 Å². The number of aliphatic hydroxyl groups excluding tert-OH is 7. The van der Waals surface area contributed by atoms with Crippen LogP contribution in [0.2, 0.25) is 20.1 Å². The molecule has 135 heavy (non-hydrogen) atoms. The number of carbonyl (C=O) groups is 6. The number of halogens is 7. The van der Waals surface area contributed by atoms with Gasteiger partial charge in [0.25, 0.3) is 0 Å². The van der Waals surface area contributed by atoms with E-state index in [-0.39, 0.29) is 44.2 Å². The summed E-state index contributed by atoms with van der Waals surface area (Å²) in [4.78, 5) is 72.0. The van der Waals surface area contributed by atoms with E-state index in [1.807, 2.05) is 98.8 Å². The van der Waals surface area contributed by atoms with Crippen molar-refractivity contribution in [2.45, 2.75) is 253 Å².